The van der Waals surface area contributed by atoms with Gasteiger partial charge < -0.3 is 11.1 Å². The van der Waals surface area contributed by atoms with Gasteiger partial charge in [0.05, 0.1) is 10.7 Å². The summed E-state index contributed by atoms with van der Waals surface area (Å²) in [6.45, 7) is 1.99. The van der Waals surface area contributed by atoms with Crippen LogP contribution in [0.25, 0.3) is 0 Å². The first-order valence-electron chi connectivity index (χ1n) is 9.65. The molecule has 4 nitrogen and oxygen atoms in total. The third-order valence-corrected chi connectivity index (χ3v) is 7.72. The first kappa shape index (κ1) is 21.9. The molecular formula is C19H31Cl2N3OS. The number of hydrogen-bond acceptors (Lipinski definition) is 4. The molecule has 2 atom stereocenters. The molecule has 1 aromatic heterocycles. The zero-order valence-corrected chi connectivity index (χ0v) is 17.9. The topological polar surface area (TPSA) is 68.0 Å². The lowest BCUT2D eigenvalue weighted by Gasteiger charge is -2.45. The van der Waals surface area contributed by atoms with Gasteiger partial charge in [0.1, 0.15) is 4.88 Å². The van der Waals surface area contributed by atoms with Gasteiger partial charge in [-0.1, -0.05) is 19.3 Å². The molecule has 7 heteroatoms. The van der Waals surface area contributed by atoms with Crippen LogP contribution in [0.15, 0.2) is 0 Å². The van der Waals surface area contributed by atoms with Crippen LogP contribution < -0.4 is 11.1 Å². The number of rotatable bonds is 3. The maximum atomic E-state index is 12.9. The third kappa shape index (κ3) is 4.37. The van der Waals surface area contributed by atoms with Gasteiger partial charge in [-0.15, -0.1) is 36.2 Å². The minimum Gasteiger partial charge on any atom is -0.348 e. The number of carbonyl (C=O) groups is 1. The number of nitrogens with two attached hydrogens (primary N) is 1. The van der Waals surface area contributed by atoms with Crippen molar-refractivity contribution in [1.82, 2.24) is 10.3 Å². The van der Waals surface area contributed by atoms with Crippen LogP contribution in [0.2, 0.25) is 0 Å². The first-order chi connectivity index (χ1) is 11.6. The van der Waals surface area contributed by atoms with E-state index in [1.54, 1.807) is 11.3 Å². The molecule has 0 aromatic carbocycles. The van der Waals surface area contributed by atoms with Crippen LogP contribution >= 0.6 is 36.2 Å². The summed E-state index contributed by atoms with van der Waals surface area (Å²) in [5, 5.41) is 4.56. The van der Waals surface area contributed by atoms with E-state index in [4.69, 9.17) is 10.7 Å². The second-order valence-corrected chi connectivity index (χ2v) is 9.16. The molecule has 3 saturated carbocycles. The van der Waals surface area contributed by atoms with Crippen molar-refractivity contribution in [3.05, 3.63) is 15.6 Å². The lowest BCUT2D eigenvalue weighted by atomic mass is 9.67. The first-order valence-corrected chi connectivity index (χ1v) is 10.5. The fourth-order valence-corrected chi connectivity index (χ4v) is 6.36. The maximum Gasteiger partial charge on any atom is 0.263 e. The Kier molecular flexibility index (Phi) is 7.78. The van der Waals surface area contributed by atoms with Crippen molar-refractivity contribution < 1.29 is 4.79 Å². The zero-order chi connectivity index (χ0) is 16.7. The van der Waals surface area contributed by atoms with E-state index >= 15 is 0 Å². The van der Waals surface area contributed by atoms with Gasteiger partial charge in [0.15, 0.2) is 0 Å². The van der Waals surface area contributed by atoms with Gasteiger partial charge in [0, 0.05) is 18.0 Å². The molecule has 3 aliphatic carbocycles. The van der Waals surface area contributed by atoms with Crippen LogP contribution in [0.4, 0.5) is 0 Å². The van der Waals surface area contributed by atoms with Gasteiger partial charge in [-0.05, 0) is 57.3 Å². The Hall–Kier alpha value is -0.360. The highest BCUT2D eigenvalue weighted by Gasteiger charge is 2.40. The molecule has 3 aliphatic rings. The van der Waals surface area contributed by atoms with E-state index in [0.717, 1.165) is 23.4 Å². The number of nitrogens with one attached hydrogen (secondary N) is 1. The standard InChI is InChI=1S/C19H29N3OS.2ClH/c1-11-17(24-19(21-11)12-5-2-3-6-12)18(23)22-16-13-7-4-8-14(16)10-15(20)9-13;;/h12-16H,2-10,20H2,1H3,(H,22,23);2*1H. The van der Waals surface area contributed by atoms with E-state index < -0.39 is 0 Å². The van der Waals surface area contributed by atoms with Crippen molar-refractivity contribution in [1.29, 1.82) is 0 Å². The number of halogens is 2. The molecule has 1 aromatic rings. The quantitative estimate of drug-likeness (QED) is 0.752. The number of amides is 1. The van der Waals surface area contributed by atoms with Gasteiger partial charge >= 0.3 is 0 Å². The fraction of sp³-hybridized carbons (Fsp3) is 0.789. The van der Waals surface area contributed by atoms with Gasteiger partial charge in [-0.3, -0.25) is 4.79 Å². The van der Waals surface area contributed by atoms with Gasteiger partial charge in [0.2, 0.25) is 0 Å². The lowest BCUT2D eigenvalue weighted by molar-refractivity contribution is 0.0759. The second kappa shape index (κ2) is 9.22. The monoisotopic (exact) mass is 419 g/mol. The lowest BCUT2D eigenvalue weighted by Crippen LogP contribution is -2.53. The van der Waals surface area contributed by atoms with Crippen molar-refractivity contribution in [2.45, 2.75) is 82.7 Å². The molecule has 0 spiro atoms. The van der Waals surface area contributed by atoms with E-state index in [2.05, 4.69) is 5.32 Å². The average Bonchev–Trinajstić information content (AvgIpc) is 3.17. The number of carbonyl (C=O) groups excluding carboxylic acids is 1. The maximum absolute atomic E-state index is 12.9. The molecule has 26 heavy (non-hydrogen) atoms. The molecule has 0 radical (unpaired) electrons. The highest BCUT2D eigenvalue weighted by molar-refractivity contribution is 7.13. The largest absolute Gasteiger partial charge is 0.348 e. The fourth-order valence-electron chi connectivity index (χ4n) is 5.22. The zero-order valence-electron chi connectivity index (χ0n) is 15.4. The van der Waals surface area contributed by atoms with Gasteiger partial charge in [-0.2, -0.15) is 0 Å². The predicted octanol–water partition coefficient (Wildman–Crippen LogP) is 4.59. The number of nitrogens with zero attached hydrogens (tertiary/aromatic N) is 1. The number of fused-ring (bicyclic) bond motifs is 2. The number of thiazole rings is 1. The van der Waals surface area contributed by atoms with Crippen LogP contribution in [-0.2, 0) is 0 Å². The summed E-state index contributed by atoms with van der Waals surface area (Å²) < 4.78 is 0. The second-order valence-electron chi connectivity index (χ2n) is 8.13. The molecule has 1 heterocycles. The highest BCUT2D eigenvalue weighted by Crippen LogP contribution is 2.40. The number of aryl methyl sites for hydroxylation is 1. The minimum atomic E-state index is 0. The SMILES string of the molecule is Cc1nc(C2CCCC2)sc1C(=O)NC1C2CCCC1CC(N)C2.Cl.Cl. The average molecular weight is 420 g/mol. The normalized spacial score (nSPS) is 31.0. The Bertz CT molecular complexity index is 604. The molecular weight excluding hydrogens is 389 g/mol. The summed E-state index contributed by atoms with van der Waals surface area (Å²) >= 11 is 1.63. The Labute approximate surface area is 172 Å². The predicted molar refractivity (Wildman–Crippen MR) is 112 cm³/mol. The van der Waals surface area contributed by atoms with Crippen molar-refractivity contribution in [3.8, 4) is 0 Å². The van der Waals surface area contributed by atoms with Crippen molar-refractivity contribution in [2.24, 2.45) is 17.6 Å². The molecule has 4 rings (SSSR count). The van der Waals surface area contributed by atoms with Crippen LogP contribution in [0, 0.1) is 18.8 Å². The van der Waals surface area contributed by atoms with Crippen LogP contribution in [0.3, 0.4) is 0 Å². The van der Waals surface area contributed by atoms with E-state index in [0.29, 0.717) is 29.8 Å². The molecule has 2 unspecified atom stereocenters. The molecule has 148 valence electrons. The van der Waals surface area contributed by atoms with Crippen molar-refractivity contribution in [2.75, 3.05) is 0 Å². The van der Waals surface area contributed by atoms with Crippen LogP contribution in [0.5, 0.6) is 0 Å². The molecule has 2 bridgehead atoms. The van der Waals surface area contributed by atoms with Crippen molar-refractivity contribution in [3.63, 3.8) is 0 Å². The van der Waals surface area contributed by atoms with E-state index in [1.165, 1.54) is 50.0 Å². The van der Waals surface area contributed by atoms with Crippen LogP contribution in [-0.4, -0.2) is 23.0 Å². The summed E-state index contributed by atoms with van der Waals surface area (Å²) in [4.78, 5) is 18.5. The Balaban J connectivity index is 0.00000121. The highest BCUT2D eigenvalue weighted by atomic mass is 35.5. The molecule has 0 aliphatic heterocycles. The summed E-state index contributed by atoms with van der Waals surface area (Å²) in [5.41, 5.74) is 7.12. The minimum absolute atomic E-state index is 0. The molecule has 3 fully saturated rings. The summed E-state index contributed by atoms with van der Waals surface area (Å²) in [7, 11) is 0. The van der Waals surface area contributed by atoms with Crippen LogP contribution in [0.1, 0.15) is 84.1 Å². The Morgan fingerprint density at radius 3 is 2.31 bits per heavy atom. The summed E-state index contributed by atoms with van der Waals surface area (Å²) in [6, 6.07) is 0.648. The Morgan fingerprint density at radius 2 is 1.69 bits per heavy atom. The molecule has 1 amide bonds. The van der Waals surface area contributed by atoms with E-state index in [-0.39, 0.29) is 30.7 Å². The van der Waals surface area contributed by atoms with E-state index in [9.17, 15) is 4.79 Å². The summed E-state index contributed by atoms with van der Waals surface area (Å²) in [6.07, 6.45) is 10.9. The Morgan fingerprint density at radius 1 is 1.08 bits per heavy atom. The number of hydrogen-bond donors (Lipinski definition) is 2. The molecule has 3 N–H and O–H groups in total. The summed E-state index contributed by atoms with van der Waals surface area (Å²) in [5.74, 6) is 1.83. The van der Waals surface area contributed by atoms with Gasteiger partial charge in [0.25, 0.3) is 5.91 Å². The molecule has 0 saturated heterocycles. The van der Waals surface area contributed by atoms with Crippen molar-refractivity contribution >= 4 is 42.1 Å². The number of aromatic nitrogens is 1. The smallest absolute Gasteiger partial charge is 0.263 e. The van der Waals surface area contributed by atoms with E-state index in [1.807, 2.05) is 6.92 Å². The third-order valence-electron chi connectivity index (χ3n) is 6.40. The van der Waals surface area contributed by atoms with Gasteiger partial charge in [-0.25, -0.2) is 4.98 Å².